The Morgan fingerprint density at radius 3 is 2.65 bits per heavy atom. The Bertz CT molecular complexity index is 273. The van der Waals surface area contributed by atoms with E-state index in [1.807, 2.05) is 12.2 Å². The second kappa shape index (κ2) is 6.80. The summed E-state index contributed by atoms with van der Waals surface area (Å²) in [5, 5.41) is 12.0. The minimum atomic E-state index is 0.117. The zero-order valence-electron chi connectivity index (χ0n) is 11.1. The molecule has 0 aromatic rings. The number of hydrogen-bond donors (Lipinski definition) is 2. The van der Waals surface area contributed by atoms with Crippen LogP contribution in [0.2, 0.25) is 0 Å². The third kappa shape index (κ3) is 5.35. The normalized spacial score (nSPS) is 25.2. The van der Waals surface area contributed by atoms with E-state index in [-0.39, 0.29) is 24.5 Å². The molecule has 1 aliphatic rings. The van der Waals surface area contributed by atoms with Crippen LogP contribution in [-0.2, 0) is 4.79 Å². The van der Waals surface area contributed by atoms with Crippen molar-refractivity contribution in [3.8, 4) is 0 Å². The first-order chi connectivity index (χ1) is 8.01. The van der Waals surface area contributed by atoms with Crippen molar-refractivity contribution < 1.29 is 9.90 Å². The van der Waals surface area contributed by atoms with Gasteiger partial charge in [0, 0.05) is 25.0 Å². The Balaban J connectivity index is 2.24. The van der Waals surface area contributed by atoms with E-state index in [2.05, 4.69) is 26.1 Å². The Kier molecular flexibility index (Phi) is 5.69. The highest BCUT2D eigenvalue weighted by atomic mass is 16.3. The van der Waals surface area contributed by atoms with Gasteiger partial charge >= 0.3 is 0 Å². The molecule has 1 aliphatic carbocycles. The molecule has 0 aromatic carbocycles. The highest BCUT2D eigenvalue weighted by Crippen LogP contribution is 2.18. The van der Waals surface area contributed by atoms with Crippen LogP contribution >= 0.6 is 0 Å². The first-order valence-corrected chi connectivity index (χ1v) is 6.59. The largest absolute Gasteiger partial charge is 0.396 e. The highest BCUT2D eigenvalue weighted by molar-refractivity contribution is 5.76. The monoisotopic (exact) mass is 239 g/mol. The molecule has 0 spiro atoms. The van der Waals surface area contributed by atoms with Crippen molar-refractivity contribution >= 4 is 5.91 Å². The third-order valence-electron chi connectivity index (χ3n) is 3.16. The van der Waals surface area contributed by atoms with E-state index in [1.165, 1.54) is 0 Å². The first-order valence-electron chi connectivity index (χ1n) is 6.59. The molecule has 0 bridgehead atoms. The predicted octanol–water partition coefficient (Wildman–Crippen LogP) is 2.11. The van der Waals surface area contributed by atoms with Crippen molar-refractivity contribution in [1.82, 2.24) is 5.32 Å². The van der Waals surface area contributed by atoms with E-state index in [4.69, 9.17) is 5.11 Å². The summed E-state index contributed by atoms with van der Waals surface area (Å²) in [6, 6.07) is 0.117. The van der Waals surface area contributed by atoms with Gasteiger partial charge in [-0.05, 0) is 24.7 Å². The van der Waals surface area contributed by atoms with Crippen molar-refractivity contribution in [3.05, 3.63) is 12.2 Å². The number of amides is 1. The third-order valence-corrected chi connectivity index (χ3v) is 3.16. The topological polar surface area (TPSA) is 49.3 Å². The molecule has 0 aromatic heterocycles. The molecule has 0 saturated heterocycles. The maximum atomic E-state index is 11.8. The van der Waals surface area contributed by atoms with Gasteiger partial charge in [0.05, 0.1) is 0 Å². The first kappa shape index (κ1) is 14.2. The van der Waals surface area contributed by atoms with E-state index in [9.17, 15) is 4.79 Å². The van der Waals surface area contributed by atoms with E-state index < -0.39 is 0 Å². The number of nitrogens with one attached hydrogen (secondary N) is 1. The fourth-order valence-electron chi connectivity index (χ4n) is 2.49. The summed E-state index contributed by atoms with van der Waals surface area (Å²) in [5.41, 5.74) is 0. The minimum Gasteiger partial charge on any atom is -0.396 e. The van der Waals surface area contributed by atoms with Crippen molar-refractivity contribution in [3.63, 3.8) is 0 Å². The van der Waals surface area contributed by atoms with Gasteiger partial charge in [-0.15, -0.1) is 0 Å². The summed E-state index contributed by atoms with van der Waals surface area (Å²) >= 11 is 0. The molecule has 1 unspecified atom stereocenters. The number of aliphatic hydroxyl groups is 1. The summed E-state index contributed by atoms with van der Waals surface area (Å²) in [6.45, 7) is 6.66. The van der Waals surface area contributed by atoms with Crippen LogP contribution in [-0.4, -0.2) is 23.7 Å². The lowest BCUT2D eigenvalue weighted by Gasteiger charge is -2.16. The smallest absolute Gasteiger partial charge is 0.220 e. The van der Waals surface area contributed by atoms with Gasteiger partial charge in [0.2, 0.25) is 5.91 Å². The summed E-state index contributed by atoms with van der Waals surface area (Å²) in [5.74, 6) is 1.43. The van der Waals surface area contributed by atoms with E-state index >= 15 is 0 Å². The van der Waals surface area contributed by atoms with Crippen LogP contribution in [0, 0.1) is 17.8 Å². The van der Waals surface area contributed by atoms with E-state index in [1.54, 1.807) is 0 Å². The fraction of sp³-hybridized carbons (Fsp3) is 0.786. The molecule has 98 valence electrons. The molecule has 0 saturated carbocycles. The molecular weight excluding hydrogens is 214 g/mol. The molecular formula is C14H25NO2. The average molecular weight is 239 g/mol. The lowest BCUT2D eigenvalue weighted by Crippen LogP contribution is -2.33. The van der Waals surface area contributed by atoms with E-state index in [0.717, 1.165) is 12.8 Å². The highest BCUT2D eigenvalue weighted by Gasteiger charge is 2.20. The Labute approximate surface area is 104 Å². The summed E-state index contributed by atoms with van der Waals surface area (Å²) < 4.78 is 0. The van der Waals surface area contributed by atoms with Gasteiger partial charge in [0.15, 0.2) is 0 Å². The Morgan fingerprint density at radius 2 is 2.12 bits per heavy atom. The SMILES string of the molecule is CC(C)CC(C)CC(=O)N[C@@H]1C=C[C@H](CO)C1. The molecule has 3 heteroatoms. The van der Waals surface area contributed by atoms with Gasteiger partial charge in [-0.1, -0.05) is 32.9 Å². The number of aliphatic hydroxyl groups excluding tert-OH is 1. The standard InChI is InChI=1S/C14H25NO2/c1-10(2)6-11(3)7-14(17)15-13-5-4-12(8-13)9-16/h4-5,10-13,16H,6-9H2,1-3H3,(H,15,17)/t11?,12-,13+/m0/s1. The quantitative estimate of drug-likeness (QED) is 0.697. The molecule has 2 N–H and O–H groups in total. The number of carbonyl (C=O) groups excluding carboxylic acids is 1. The average Bonchev–Trinajstić information content (AvgIpc) is 2.63. The zero-order valence-corrected chi connectivity index (χ0v) is 11.1. The molecule has 1 amide bonds. The number of hydrogen-bond acceptors (Lipinski definition) is 2. The van der Waals surface area contributed by atoms with E-state index in [0.29, 0.717) is 18.3 Å². The van der Waals surface area contributed by atoms with Gasteiger partial charge < -0.3 is 10.4 Å². The second-order valence-electron chi connectivity index (χ2n) is 5.68. The van der Waals surface area contributed by atoms with Gasteiger partial charge in [-0.3, -0.25) is 4.79 Å². The molecule has 0 fully saturated rings. The van der Waals surface area contributed by atoms with Gasteiger partial charge in [0.1, 0.15) is 0 Å². The maximum absolute atomic E-state index is 11.8. The van der Waals surface area contributed by atoms with Crippen molar-refractivity contribution in [2.24, 2.45) is 17.8 Å². The summed E-state index contributed by atoms with van der Waals surface area (Å²) in [4.78, 5) is 11.8. The van der Waals surface area contributed by atoms with Crippen molar-refractivity contribution in [2.45, 2.75) is 46.1 Å². The Hall–Kier alpha value is -0.830. The van der Waals surface area contributed by atoms with Crippen LogP contribution in [0.15, 0.2) is 12.2 Å². The minimum absolute atomic E-state index is 0.117. The zero-order chi connectivity index (χ0) is 12.8. The number of carbonyl (C=O) groups is 1. The fourth-order valence-corrected chi connectivity index (χ4v) is 2.49. The predicted molar refractivity (Wildman–Crippen MR) is 69.5 cm³/mol. The van der Waals surface area contributed by atoms with Crippen molar-refractivity contribution in [1.29, 1.82) is 0 Å². The van der Waals surface area contributed by atoms with Crippen LogP contribution in [0.3, 0.4) is 0 Å². The maximum Gasteiger partial charge on any atom is 0.220 e. The lowest BCUT2D eigenvalue weighted by atomic mass is 9.95. The van der Waals surface area contributed by atoms with Crippen LogP contribution in [0.5, 0.6) is 0 Å². The summed E-state index contributed by atoms with van der Waals surface area (Å²) in [7, 11) is 0. The molecule has 0 aliphatic heterocycles. The van der Waals surface area contributed by atoms with Crippen molar-refractivity contribution in [2.75, 3.05) is 6.61 Å². The van der Waals surface area contributed by atoms with Crippen LogP contribution in [0.4, 0.5) is 0 Å². The van der Waals surface area contributed by atoms with Crippen LogP contribution in [0.25, 0.3) is 0 Å². The molecule has 1 rings (SSSR count). The lowest BCUT2D eigenvalue weighted by molar-refractivity contribution is -0.122. The molecule has 0 heterocycles. The van der Waals surface area contributed by atoms with Gasteiger partial charge in [-0.2, -0.15) is 0 Å². The summed E-state index contributed by atoms with van der Waals surface area (Å²) in [6.07, 6.45) is 6.51. The molecule has 17 heavy (non-hydrogen) atoms. The molecule has 0 radical (unpaired) electrons. The second-order valence-corrected chi connectivity index (χ2v) is 5.68. The number of rotatable bonds is 6. The van der Waals surface area contributed by atoms with Crippen LogP contribution in [0.1, 0.15) is 40.0 Å². The van der Waals surface area contributed by atoms with Gasteiger partial charge in [0.25, 0.3) is 0 Å². The van der Waals surface area contributed by atoms with Crippen LogP contribution < -0.4 is 5.32 Å². The molecule has 3 atom stereocenters. The Morgan fingerprint density at radius 1 is 1.41 bits per heavy atom. The van der Waals surface area contributed by atoms with Gasteiger partial charge in [-0.25, -0.2) is 0 Å². The molecule has 3 nitrogen and oxygen atoms in total.